The van der Waals surface area contributed by atoms with E-state index < -0.39 is 6.10 Å². The van der Waals surface area contributed by atoms with Crippen LogP contribution in [0.1, 0.15) is 47.1 Å². The van der Waals surface area contributed by atoms with E-state index in [9.17, 15) is 5.11 Å². The predicted molar refractivity (Wildman–Crippen MR) is 76.1 cm³/mol. The third-order valence-electron chi connectivity index (χ3n) is 2.83. The van der Waals surface area contributed by atoms with Crippen LogP contribution in [-0.2, 0) is 5.41 Å². The molecule has 0 aliphatic carbocycles. The zero-order valence-corrected chi connectivity index (χ0v) is 12.3. The maximum Gasteiger partial charge on any atom is 0.114 e. The van der Waals surface area contributed by atoms with Crippen molar-refractivity contribution < 1.29 is 5.11 Å². The van der Waals surface area contributed by atoms with Gasteiger partial charge >= 0.3 is 0 Å². The largest absolute Gasteiger partial charge is 0.383 e. The number of aliphatic hydroxyl groups is 1. The average molecular weight is 266 g/mol. The topological polar surface area (TPSA) is 20.2 Å². The zero-order chi connectivity index (χ0) is 12.6. The Labute approximate surface area is 111 Å². The fourth-order valence-electron chi connectivity index (χ4n) is 1.73. The van der Waals surface area contributed by atoms with Gasteiger partial charge in [0.1, 0.15) is 6.10 Å². The monoisotopic (exact) mass is 266 g/mol. The average Bonchev–Trinajstić information content (AvgIpc) is 2.83. The summed E-state index contributed by atoms with van der Waals surface area (Å²) in [6, 6.07) is 6.19. The van der Waals surface area contributed by atoms with Gasteiger partial charge in [0.2, 0.25) is 0 Å². The van der Waals surface area contributed by atoms with Gasteiger partial charge in [-0.2, -0.15) is 0 Å². The molecule has 0 spiro atoms. The van der Waals surface area contributed by atoms with Crippen molar-refractivity contribution in [3.05, 3.63) is 43.8 Å². The van der Waals surface area contributed by atoms with Crippen molar-refractivity contribution in [2.45, 2.75) is 39.2 Å². The van der Waals surface area contributed by atoms with E-state index in [-0.39, 0.29) is 5.41 Å². The Bertz CT molecular complexity index is 502. The molecule has 0 aromatic carbocycles. The van der Waals surface area contributed by atoms with E-state index in [1.807, 2.05) is 17.5 Å². The van der Waals surface area contributed by atoms with Crippen LogP contribution in [0.5, 0.6) is 0 Å². The van der Waals surface area contributed by atoms with Crippen LogP contribution >= 0.6 is 22.7 Å². The van der Waals surface area contributed by atoms with E-state index in [1.165, 1.54) is 9.75 Å². The maximum absolute atomic E-state index is 10.4. The Kier molecular flexibility index (Phi) is 3.43. The summed E-state index contributed by atoms with van der Waals surface area (Å²) < 4.78 is 0. The maximum atomic E-state index is 10.4. The lowest BCUT2D eigenvalue weighted by molar-refractivity contribution is 0.224. The van der Waals surface area contributed by atoms with E-state index in [2.05, 4.69) is 33.8 Å². The Morgan fingerprint density at radius 2 is 1.88 bits per heavy atom. The van der Waals surface area contributed by atoms with E-state index in [1.54, 1.807) is 22.7 Å². The third kappa shape index (κ3) is 2.62. The first-order valence-electron chi connectivity index (χ1n) is 5.72. The van der Waals surface area contributed by atoms with Crippen molar-refractivity contribution in [3.63, 3.8) is 0 Å². The lowest BCUT2D eigenvalue weighted by Crippen LogP contribution is -2.07. The van der Waals surface area contributed by atoms with Crippen molar-refractivity contribution in [1.82, 2.24) is 0 Å². The molecule has 2 rings (SSSR count). The number of aliphatic hydroxyl groups excluding tert-OH is 1. The smallest absolute Gasteiger partial charge is 0.114 e. The molecule has 92 valence electrons. The Morgan fingerprint density at radius 3 is 2.35 bits per heavy atom. The Morgan fingerprint density at radius 1 is 1.18 bits per heavy atom. The Hall–Kier alpha value is -0.640. The minimum absolute atomic E-state index is 0.159. The fourth-order valence-corrected chi connectivity index (χ4v) is 3.54. The highest BCUT2D eigenvalue weighted by Gasteiger charge is 2.20. The first kappa shape index (κ1) is 12.8. The van der Waals surface area contributed by atoms with Crippen LogP contribution < -0.4 is 0 Å². The van der Waals surface area contributed by atoms with Gasteiger partial charge < -0.3 is 5.11 Å². The molecule has 0 aliphatic heterocycles. The van der Waals surface area contributed by atoms with Crippen LogP contribution in [0.25, 0.3) is 0 Å². The SMILES string of the molecule is Cc1sccc1C(O)c1ccc(C(C)(C)C)s1. The molecule has 0 saturated heterocycles. The van der Waals surface area contributed by atoms with Crippen LogP contribution in [-0.4, -0.2) is 5.11 Å². The number of hydrogen-bond acceptors (Lipinski definition) is 3. The van der Waals surface area contributed by atoms with Crippen LogP contribution in [0.2, 0.25) is 0 Å². The van der Waals surface area contributed by atoms with E-state index in [0.29, 0.717) is 0 Å². The molecule has 2 aromatic rings. The highest BCUT2D eigenvalue weighted by Crippen LogP contribution is 2.36. The third-order valence-corrected chi connectivity index (χ3v) is 5.25. The van der Waals surface area contributed by atoms with Gasteiger partial charge in [-0.3, -0.25) is 0 Å². The summed E-state index contributed by atoms with van der Waals surface area (Å²) in [6.45, 7) is 8.65. The summed E-state index contributed by atoms with van der Waals surface area (Å²) in [4.78, 5) is 3.55. The highest BCUT2D eigenvalue weighted by atomic mass is 32.1. The van der Waals surface area contributed by atoms with Gasteiger partial charge in [-0.05, 0) is 41.5 Å². The summed E-state index contributed by atoms with van der Waals surface area (Å²) >= 11 is 3.39. The zero-order valence-electron chi connectivity index (χ0n) is 10.7. The van der Waals surface area contributed by atoms with Crippen molar-refractivity contribution >= 4 is 22.7 Å². The summed E-state index contributed by atoms with van der Waals surface area (Å²) in [5.74, 6) is 0. The van der Waals surface area contributed by atoms with Gasteiger partial charge in [0.25, 0.3) is 0 Å². The molecule has 0 amide bonds. The summed E-state index contributed by atoms with van der Waals surface area (Å²) in [5.41, 5.74) is 1.20. The van der Waals surface area contributed by atoms with Gasteiger partial charge in [0.15, 0.2) is 0 Å². The van der Waals surface area contributed by atoms with Gasteiger partial charge in [0, 0.05) is 14.6 Å². The first-order chi connectivity index (χ1) is 7.89. The van der Waals surface area contributed by atoms with E-state index in [4.69, 9.17) is 0 Å². The molecule has 1 atom stereocenters. The van der Waals surface area contributed by atoms with Crippen molar-refractivity contribution in [2.24, 2.45) is 0 Å². The molecule has 0 saturated carbocycles. The van der Waals surface area contributed by atoms with E-state index >= 15 is 0 Å². The van der Waals surface area contributed by atoms with Crippen LogP contribution in [0.4, 0.5) is 0 Å². The second kappa shape index (κ2) is 4.56. The second-order valence-electron chi connectivity index (χ2n) is 5.29. The van der Waals surface area contributed by atoms with Gasteiger partial charge in [-0.15, -0.1) is 22.7 Å². The summed E-state index contributed by atoms with van der Waals surface area (Å²) in [7, 11) is 0. The minimum Gasteiger partial charge on any atom is -0.383 e. The molecule has 0 aliphatic rings. The number of hydrogen-bond donors (Lipinski definition) is 1. The fraction of sp³-hybridized carbons (Fsp3) is 0.429. The van der Waals surface area contributed by atoms with Crippen LogP contribution in [0.15, 0.2) is 23.6 Å². The standard InChI is InChI=1S/C14H18OS2/c1-9-10(7-8-16-9)13(15)11-5-6-12(17-11)14(2,3)4/h5-8,13,15H,1-4H3. The molecule has 1 unspecified atom stereocenters. The van der Waals surface area contributed by atoms with Gasteiger partial charge in [-0.1, -0.05) is 20.8 Å². The Balaban J connectivity index is 2.30. The number of thiophene rings is 2. The van der Waals surface area contributed by atoms with Crippen molar-refractivity contribution in [3.8, 4) is 0 Å². The van der Waals surface area contributed by atoms with Crippen LogP contribution in [0.3, 0.4) is 0 Å². The molecule has 1 N–H and O–H groups in total. The molecule has 2 heterocycles. The highest BCUT2D eigenvalue weighted by molar-refractivity contribution is 7.12. The van der Waals surface area contributed by atoms with E-state index in [0.717, 1.165) is 10.4 Å². The number of aryl methyl sites for hydroxylation is 1. The molecular weight excluding hydrogens is 248 g/mol. The predicted octanol–water partition coefficient (Wildman–Crippen LogP) is 4.50. The van der Waals surface area contributed by atoms with Gasteiger partial charge in [0.05, 0.1) is 0 Å². The summed E-state index contributed by atoms with van der Waals surface area (Å²) in [5, 5.41) is 12.4. The second-order valence-corrected chi connectivity index (χ2v) is 7.52. The molecule has 3 heteroatoms. The molecular formula is C14H18OS2. The molecule has 1 nitrogen and oxygen atoms in total. The van der Waals surface area contributed by atoms with Crippen LogP contribution in [0, 0.1) is 6.92 Å². The lowest BCUT2D eigenvalue weighted by Gasteiger charge is -2.15. The van der Waals surface area contributed by atoms with Crippen molar-refractivity contribution in [1.29, 1.82) is 0 Å². The normalized spacial score (nSPS) is 13.9. The molecule has 17 heavy (non-hydrogen) atoms. The molecule has 0 fully saturated rings. The molecule has 2 aromatic heterocycles. The summed E-state index contributed by atoms with van der Waals surface area (Å²) in [6.07, 6.45) is -0.470. The number of rotatable bonds is 2. The quantitative estimate of drug-likeness (QED) is 0.848. The van der Waals surface area contributed by atoms with Crippen molar-refractivity contribution in [2.75, 3.05) is 0 Å². The first-order valence-corrected chi connectivity index (χ1v) is 7.41. The molecule has 0 radical (unpaired) electrons. The lowest BCUT2D eigenvalue weighted by atomic mass is 9.95. The minimum atomic E-state index is -0.470. The van der Waals surface area contributed by atoms with Gasteiger partial charge in [-0.25, -0.2) is 0 Å². The molecule has 0 bridgehead atoms.